The van der Waals surface area contributed by atoms with Gasteiger partial charge in [0, 0.05) is 26.2 Å². The molecule has 22 heavy (non-hydrogen) atoms. The number of hydrogen-bond acceptors (Lipinski definition) is 5. The van der Waals surface area contributed by atoms with Crippen LogP contribution < -0.4 is 0 Å². The van der Waals surface area contributed by atoms with Gasteiger partial charge in [0.2, 0.25) is 0 Å². The van der Waals surface area contributed by atoms with Crippen LogP contribution in [-0.4, -0.2) is 64.6 Å². The third-order valence-corrected chi connectivity index (χ3v) is 4.00. The molecule has 114 valence electrons. The van der Waals surface area contributed by atoms with E-state index < -0.39 is 0 Å². The quantitative estimate of drug-likeness (QED) is 0.664. The number of nitriles is 1. The first-order valence-corrected chi connectivity index (χ1v) is 7.35. The standard InChI is InChI=1S/C16H19N5O/c1-20-6-8-21(9-7-20)11-15(22)12(10-17)16-18-13-4-2-3-5-14(13)19-16/h2-5,22H,6-9,11H2,1H3,(H,18,19)/b15-12-. The first-order chi connectivity index (χ1) is 10.7. The second-order valence-electron chi connectivity index (χ2n) is 5.62. The maximum atomic E-state index is 10.3. The Morgan fingerprint density at radius 2 is 2.05 bits per heavy atom. The van der Waals surface area contributed by atoms with Crippen LogP contribution >= 0.6 is 0 Å². The lowest BCUT2D eigenvalue weighted by Crippen LogP contribution is -2.45. The highest BCUT2D eigenvalue weighted by atomic mass is 16.3. The van der Waals surface area contributed by atoms with Crippen LogP contribution in [0.3, 0.4) is 0 Å². The van der Waals surface area contributed by atoms with Crippen molar-refractivity contribution in [2.75, 3.05) is 39.8 Å². The van der Waals surface area contributed by atoms with Crippen LogP contribution in [0.2, 0.25) is 0 Å². The van der Waals surface area contributed by atoms with E-state index >= 15 is 0 Å². The first-order valence-electron chi connectivity index (χ1n) is 7.35. The van der Waals surface area contributed by atoms with Gasteiger partial charge in [-0.05, 0) is 19.2 Å². The van der Waals surface area contributed by atoms with Gasteiger partial charge in [0.1, 0.15) is 17.4 Å². The highest BCUT2D eigenvalue weighted by Gasteiger charge is 2.18. The first kappa shape index (κ1) is 14.6. The number of nitrogens with zero attached hydrogens (tertiary/aromatic N) is 4. The maximum Gasteiger partial charge on any atom is 0.152 e. The van der Waals surface area contributed by atoms with E-state index in [1.54, 1.807) is 0 Å². The van der Waals surface area contributed by atoms with Gasteiger partial charge in [-0.25, -0.2) is 4.98 Å². The highest BCUT2D eigenvalue weighted by molar-refractivity contribution is 5.82. The molecular formula is C16H19N5O. The second kappa shape index (κ2) is 6.18. The zero-order valence-corrected chi connectivity index (χ0v) is 12.6. The topological polar surface area (TPSA) is 79.2 Å². The summed E-state index contributed by atoms with van der Waals surface area (Å²) < 4.78 is 0. The normalized spacial score (nSPS) is 18.2. The van der Waals surface area contributed by atoms with Crippen LogP contribution in [0.1, 0.15) is 5.82 Å². The van der Waals surface area contributed by atoms with Gasteiger partial charge in [0.15, 0.2) is 5.82 Å². The molecule has 1 saturated heterocycles. The Morgan fingerprint density at radius 3 is 2.73 bits per heavy atom. The molecule has 3 rings (SSSR count). The number of H-pyrrole nitrogens is 1. The number of aliphatic hydroxyl groups excluding tert-OH is 1. The number of rotatable bonds is 3. The zero-order valence-electron chi connectivity index (χ0n) is 12.6. The van der Waals surface area contributed by atoms with E-state index in [0.717, 1.165) is 37.2 Å². The van der Waals surface area contributed by atoms with Crippen LogP contribution in [0.4, 0.5) is 0 Å². The molecule has 2 aromatic rings. The van der Waals surface area contributed by atoms with Gasteiger partial charge in [-0.3, -0.25) is 4.90 Å². The minimum Gasteiger partial charge on any atom is -0.509 e. The van der Waals surface area contributed by atoms with Crippen LogP contribution in [0.25, 0.3) is 16.6 Å². The Bertz CT molecular complexity index is 701. The smallest absolute Gasteiger partial charge is 0.152 e. The lowest BCUT2D eigenvalue weighted by molar-refractivity contribution is 0.150. The third-order valence-electron chi connectivity index (χ3n) is 4.00. The Labute approximate surface area is 129 Å². The summed E-state index contributed by atoms with van der Waals surface area (Å²) in [6.07, 6.45) is 0. The summed E-state index contributed by atoms with van der Waals surface area (Å²) in [5, 5.41) is 19.7. The Balaban J connectivity index is 1.83. The summed E-state index contributed by atoms with van der Waals surface area (Å²) in [5.41, 5.74) is 1.87. The molecule has 6 nitrogen and oxygen atoms in total. The van der Waals surface area contributed by atoms with Crippen LogP contribution in [0.5, 0.6) is 0 Å². The zero-order chi connectivity index (χ0) is 15.5. The number of fused-ring (bicyclic) bond motifs is 1. The van der Waals surface area contributed by atoms with E-state index in [-0.39, 0.29) is 11.3 Å². The number of allylic oxidation sites excluding steroid dienone is 1. The van der Waals surface area contributed by atoms with Crippen molar-refractivity contribution < 1.29 is 5.11 Å². The Hall–Kier alpha value is -2.36. The van der Waals surface area contributed by atoms with Gasteiger partial charge in [-0.2, -0.15) is 5.26 Å². The molecule has 1 aromatic carbocycles. The number of para-hydroxylation sites is 2. The number of piperazine rings is 1. The third kappa shape index (κ3) is 2.96. The summed E-state index contributed by atoms with van der Waals surface area (Å²) >= 11 is 0. The monoisotopic (exact) mass is 297 g/mol. The predicted molar refractivity (Wildman–Crippen MR) is 85.2 cm³/mol. The molecule has 1 aliphatic heterocycles. The van der Waals surface area contributed by atoms with Crippen molar-refractivity contribution in [1.29, 1.82) is 5.26 Å². The molecular weight excluding hydrogens is 278 g/mol. The minimum atomic E-state index is 0.0751. The molecule has 2 N–H and O–H groups in total. The SMILES string of the molecule is CN1CCN(C/C(O)=C(\C#N)c2nc3ccccc3[nH]2)CC1. The second-order valence-corrected chi connectivity index (χ2v) is 5.62. The van der Waals surface area contributed by atoms with Gasteiger partial charge >= 0.3 is 0 Å². The molecule has 0 radical (unpaired) electrons. The molecule has 6 heteroatoms. The largest absolute Gasteiger partial charge is 0.509 e. The van der Waals surface area contributed by atoms with E-state index in [2.05, 4.69) is 32.9 Å². The summed E-state index contributed by atoms with van der Waals surface area (Å²) in [6, 6.07) is 9.66. The molecule has 1 aliphatic rings. The van der Waals surface area contributed by atoms with Gasteiger partial charge in [0.05, 0.1) is 17.6 Å². The summed E-state index contributed by atoms with van der Waals surface area (Å²) in [7, 11) is 2.09. The van der Waals surface area contributed by atoms with Crippen molar-refractivity contribution in [2.24, 2.45) is 0 Å². The lowest BCUT2D eigenvalue weighted by atomic mass is 10.2. The molecule has 1 aromatic heterocycles. The minimum absolute atomic E-state index is 0.0751. The highest BCUT2D eigenvalue weighted by Crippen LogP contribution is 2.19. The number of nitrogens with one attached hydrogen (secondary N) is 1. The predicted octanol–water partition coefficient (Wildman–Crippen LogP) is 1.60. The summed E-state index contributed by atoms with van der Waals surface area (Å²) in [4.78, 5) is 11.9. The average Bonchev–Trinajstić information content (AvgIpc) is 2.94. The molecule has 0 atom stereocenters. The average molecular weight is 297 g/mol. The molecule has 1 fully saturated rings. The molecule has 0 amide bonds. The van der Waals surface area contributed by atoms with Gasteiger partial charge in [-0.15, -0.1) is 0 Å². The molecule has 0 saturated carbocycles. The number of likely N-dealkylation sites (N-methyl/N-ethyl adjacent to an activating group) is 1. The Kier molecular flexibility index (Phi) is 4.09. The number of aromatic amines is 1. The van der Waals surface area contributed by atoms with Crippen molar-refractivity contribution in [1.82, 2.24) is 19.8 Å². The van der Waals surface area contributed by atoms with Gasteiger partial charge in [-0.1, -0.05) is 12.1 Å². The van der Waals surface area contributed by atoms with Crippen molar-refractivity contribution in [2.45, 2.75) is 0 Å². The van der Waals surface area contributed by atoms with Gasteiger partial charge in [0.25, 0.3) is 0 Å². The van der Waals surface area contributed by atoms with Crippen LogP contribution in [-0.2, 0) is 0 Å². The fraction of sp³-hybridized carbons (Fsp3) is 0.375. The molecule has 2 heterocycles. The van der Waals surface area contributed by atoms with E-state index in [4.69, 9.17) is 0 Å². The van der Waals surface area contributed by atoms with E-state index in [9.17, 15) is 10.4 Å². The number of imidazole rings is 1. The van der Waals surface area contributed by atoms with Gasteiger partial charge < -0.3 is 15.0 Å². The molecule has 0 spiro atoms. The van der Waals surface area contributed by atoms with Crippen LogP contribution in [0.15, 0.2) is 30.0 Å². The van der Waals surface area contributed by atoms with Crippen molar-refractivity contribution in [3.05, 3.63) is 35.8 Å². The molecule has 0 bridgehead atoms. The number of hydrogen-bond donors (Lipinski definition) is 2. The van der Waals surface area contributed by atoms with Crippen molar-refractivity contribution in [3.8, 4) is 6.07 Å². The molecule has 0 unspecified atom stereocenters. The van der Waals surface area contributed by atoms with E-state index in [1.807, 2.05) is 24.3 Å². The molecule has 0 aliphatic carbocycles. The van der Waals surface area contributed by atoms with E-state index in [0.29, 0.717) is 12.4 Å². The number of benzene rings is 1. The summed E-state index contributed by atoms with van der Waals surface area (Å²) in [6.45, 7) is 4.10. The van der Waals surface area contributed by atoms with Crippen molar-refractivity contribution >= 4 is 16.6 Å². The fourth-order valence-corrected chi connectivity index (χ4v) is 2.62. The van der Waals surface area contributed by atoms with E-state index in [1.165, 1.54) is 0 Å². The maximum absolute atomic E-state index is 10.3. The number of aromatic nitrogens is 2. The summed E-state index contributed by atoms with van der Waals surface area (Å²) in [5.74, 6) is 0.501. The Morgan fingerprint density at radius 1 is 1.32 bits per heavy atom. The number of aliphatic hydroxyl groups is 1. The lowest BCUT2D eigenvalue weighted by Gasteiger charge is -2.32. The van der Waals surface area contributed by atoms with Crippen LogP contribution in [0, 0.1) is 11.3 Å². The fourth-order valence-electron chi connectivity index (χ4n) is 2.62. The van der Waals surface area contributed by atoms with Crippen molar-refractivity contribution in [3.63, 3.8) is 0 Å².